The van der Waals surface area contributed by atoms with E-state index in [1.165, 1.54) is 0 Å². The second-order valence-electron chi connectivity index (χ2n) is 4.03. The van der Waals surface area contributed by atoms with E-state index in [9.17, 15) is 4.79 Å². The molecule has 0 saturated heterocycles. The molecule has 1 atom stereocenters. The number of aromatic amines is 1. The zero-order valence-corrected chi connectivity index (χ0v) is 12.6. The fourth-order valence-corrected chi connectivity index (χ4v) is 2.30. The molecule has 4 nitrogen and oxygen atoms in total. The summed E-state index contributed by atoms with van der Waals surface area (Å²) < 4.78 is 0.813. The Labute approximate surface area is 124 Å². The second kappa shape index (κ2) is 6.21. The molecule has 1 unspecified atom stereocenters. The van der Waals surface area contributed by atoms with Gasteiger partial charge in [-0.15, -0.1) is 0 Å². The van der Waals surface area contributed by atoms with Crippen molar-refractivity contribution in [2.45, 2.75) is 19.4 Å². The summed E-state index contributed by atoms with van der Waals surface area (Å²) >= 11 is 9.37. The van der Waals surface area contributed by atoms with E-state index in [1.54, 1.807) is 30.6 Å². The molecule has 6 heteroatoms. The Bertz CT molecular complexity index is 571. The number of H-pyrrole nitrogens is 1. The lowest BCUT2D eigenvalue weighted by Gasteiger charge is -2.15. The van der Waals surface area contributed by atoms with E-state index >= 15 is 0 Å². The minimum absolute atomic E-state index is 0.155. The van der Waals surface area contributed by atoms with Gasteiger partial charge in [-0.2, -0.15) is 0 Å². The van der Waals surface area contributed by atoms with Crippen molar-refractivity contribution in [1.29, 1.82) is 0 Å². The molecule has 1 heterocycles. The maximum atomic E-state index is 12.2. The Morgan fingerprint density at radius 2 is 2.37 bits per heavy atom. The number of aromatic nitrogens is 2. The minimum atomic E-state index is -0.213. The van der Waals surface area contributed by atoms with E-state index in [1.807, 2.05) is 6.92 Å². The molecule has 0 fully saturated rings. The summed E-state index contributed by atoms with van der Waals surface area (Å²) in [5.74, 6) is 0.525. The summed E-state index contributed by atoms with van der Waals surface area (Å²) in [5.41, 5.74) is 0.445. The lowest BCUT2D eigenvalue weighted by molar-refractivity contribution is 0.0934. The summed E-state index contributed by atoms with van der Waals surface area (Å²) in [6.45, 7) is 1.98. The van der Waals surface area contributed by atoms with Crippen molar-refractivity contribution in [3.63, 3.8) is 0 Å². The number of carbonyl (C=O) groups is 1. The van der Waals surface area contributed by atoms with Gasteiger partial charge >= 0.3 is 0 Å². The molecule has 0 spiro atoms. The maximum Gasteiger partial charge on any atom is 0.253 e. The van der Waals surface area contributed by atoms with Gasteiger partial charge < -0.3 is 10.3 Å². The number of benzene rings is 1. The minimum Gasteiger partial charge on any atom is -0.347 e. The molecule has 1 amide bonds. The first-order valence-corrected chi connectivity index (χ1v) is 7.04. The predicted molar refractivity (Wildman–Crippen MR) is 78.2 cm³/mol. The van der Waals surface area contributed by atoms with E-state index in [0.29, 0.717) is 10.6 Å². The van der Waals surface area contributed by atoms with Crippen molar-refractivity contribution < 1.29 is 4.79 Å². The van der Waals surface area contributed by atoms with Crippen LogP contribution in [0.5, 0.6) is 0 Å². The van der Waals surface area contributed by atoms with E-state index in [0.717, 1.165) is 16.7 Å². The standard InChI is InChI=1S/C13H13BrClN3O/c1-2-11(12-16-5-6-17-12)18-13(19)9-7-8(14)3-4-10(9)15/h3-7,11H,2H2,1H3,(H,16,17)(H,18,19). The van der Waals surface area contributed by atoms with Gasteiger partial charge in [0.1, 0.15) is 5.82 Å². The van der Waals surface area contributed by atoms with Crippen molar-refractivity contribution in [2.75, 3.05) is 0 Å². The van der Waals surface area contributed by atoms with E-state index in [2.05, 4.69) is 31.2 Å². The summed E-state index contributed by atoms with van der Waals surface area (Å²) in [6, 6.07) is 5.03. The van der Waals surface area contributed by atoms with Gasteiger partial charge in [0.15, 0.2) is 0 Å². The quantitative estimate of drug-likeness (QED) is 0.890. The van der Waals surface area contributed by atoms with Crippen LogP contribution in [-0.2, 0) is 0 Å². The first kappa shape index (κ1) is 14.1. The smallest absolute Gasteiger partial charge is 0.253 e. The molecule has 100 valence electrons. The van der Waals surface area contributed by atoms with Crippen LogP contribution in [0.1, 0.15) is 35.6 Å². The number of amides is 1. The van der Waals surface area contributed by atoms with Crippen molar-refractivity contribution >= 4 is 33.4 Å². The molecular formula is C13H13BrClN3O. The molecule has 2 rings (SSSR count). The molecule has 0 saturated carbocycles. The van der Waals surface area contributed by atoms with Crippen LogP contribution in [0.15, 0.2) is 35.1 Å². The Kier molecular flexibility index (Phi) is 4.61. The van der Waals surface area contributed by atoms with Gasteiger partial charge in [0.2, 0.25) is 0 Å². The van der Waals surface area contributed by atoms with Gasteiger partial charge in [0.25, 0.3) is 5.91 Å². The molecule has 19 heavy (non-hydrogen) atoms. The topological polar surface area (TPSA) is 57.8 Å². The van der Waals surface area contributed by atoms with Crippen LogP contribution >= 0.6 is 27.5 Å². The molecular weight excluding hydrogens is 330 g/mol. The second-order valence-corrected chi connectivity index (χ2v) is 5.36. The maximum absolute atomic E-state index is 12.2. The number of nitrogens with zero attached hydrogens (tertiary/aromatic N) is 1. The Morgan fingerprint density at radius 1 is 1.58 bits per heavy atom. The number of nitrogens with one attached hydrogen (secondary N) is 2. The van der Waals surface area contributed by atoms with Crippen LogP contribution in [0.25, 0.3) is 0 Å². The highest BCUT2D eigenvalue weighted by Crippen LogP contribution is 2.22. The number of imidazole rings is 1. The number of carbonyl (C=O) groups excluding carboxylic acids is 1. The third kappa shape index (κ3) is 3.36. The lowest BCUT2D eigenvalue weighted by Crippen LogP contribution is -2.29. The Hall–Kier alpha value is -1.33. The number of hydrogen-bond donors (Lipinski definition) is 2. The third-order valence-corrected chi connectivity index (χ3v) is 3.56. The van der Waals surface area contributed by atoms with E-state index in [-0.39, 0.29) is 11.9 Å². The molecule has 2 N–H and O–H groups in total. The van der Waals surface area contributed by atoms with Gasteiger partial charge in [-0.3, -0.25) is 4.79 Å². The van der Waals surface area contributed by atoms with Crippen molar-refractivity contribution in [2.24, 2.45) is 0 Å². The molecule has 1 aromatic carbocycles. The summed E-state index contributed by atoms with van der Waals surface area (Å²) in [7, 11) is 0. The van der Waals surface area contributed by atoms with Crippen LogP contribution in [0.4, 0.5) is 0 Å². The predicted octanol–water partition coefficient (Wildman–Crippen LogP) is 3.71. The largest absolute Gasteiger partial charge is 0.347 e. The average Bonchev–Trinajstić information content (AvgIpc) is 2.92. The van der Waals surface area contributed by atoms with Crippen LogP contribution < -0.4 is 5.32 Å². The van der Waals surface area contributed by atoms with E-state index < -0.39 is 0 Å². The molecule has 0 aliphatic carbocycles. The van der Waals surface area contributed by atoms with Gasteiger partial charge in [0.05, 0.1) is 16.6 Å². The number of halogens is 2. The molecule has 0 radical (unpaired) electrons. The van der Waals surface area contributed by atoms with Crippen molar-refractivity contribution in [3.05, 3.63) is 51.5 Å². The first-order chi connectivity index (χ1) is 9.11. The highest BCUT2D eigenvalue weighted by Gasteiger charge is 2.17. The first-order valence-electron chi connectivity index (χ1n) is 5.87. The molecule has 0 bridgehead atoms. The average molecular weight is 343 g/mol. The third-order valence-electron chi connectivity index (χ3n) is 2.74. The fourth-order valence-electron chi connectivity index (χ4n) is 1.74. The zero-order valence-electron chi connectivity index (χ0n) is 10.3. The van der Waals surface area contributed by atoms with Gasteiger partial charge in [0, 0.05) is 16.9 Å². The molecule has 0 aliphatic heterocycles. The highest BCUT2D eigenvalue weighted by molar-refractivity contribution is 9.10. The van der Waals surface area contributed by atoms with Crippen molar-refractivity contribution in [3.8, 4) is 0 Å². The van der Waals surface area contributed by atoms with Crippen LogP contribution in [0.3, 0.4) is 0 Å². The van der Waals surface area contributed by atoms with Crippen LogP contribution in [-0.4, -0.2) is 15.9 Å². The molecule has 2 aromatic rings. The van der Waals surface area contributed by atoms with Gasteiger partial charge in [-0.25, -0.2) is 4.98 Å². The highest BCUT2D eigenvalue weighted by atomic mass is 79.9. The monoisotopic (exact) mass is 341 g/mol. The number of hydrogen-bond acceptors (Lipinski definition) is 2. The Balaban J connectivity index is 2.18. The fraction of sp³-hybridized carbons (Fsp3) is 0.231. The Morgan fingerprint density at radius 3 is 3.00 bits per heavy atom. The van der Waals surface area contributed by atoms with Gasteiger partial charge in [-0.1, -0.05) is 34.5 Å². The summed E-state index contributed by atoms with van der Waals surface area (Å²) in [6.07, 6.45) is 4.14. The molecule has 0 aliphatic rings. The lowest BCUT2D eigenvalue weighted by atomic mass is 10.1. The van der Waals surface area contributed by atoms with E-state index in [4.69, 9.17) is 11.6 Å². The number of rotatable bonds is 4. The van der Waals surface area contributed by atoms with Gasteiger partial charge in [-0.05, 0) is 24.6 Å². The normalized spacial score (nSPS) is 12.2. The summed E-state index contributed by atoms with van der Waals surface area (Å²) in [4.78, 5) is 19.4. The SMILES string of the molecule is CCC(NC(=O)c1cc(Br)ccc1Cl)c1ncc[nH]1. The molecule has 1 aromatic heterocycles. The summed E-state index contributed by atoms with van der Waals surface area (Å²) in [5, 5.41) is 3.34. The van der Waals surface area contributed by atoms with Crippen molar-refractivity contribution in [1.82, 2.24) is 15.3 Å². The van der Waals surface area contributed by atoms with Crippen LogP contribution in [0.2, 0.25) is 5.02 Å². The zero-order chi connectivity index (χ0) is 13.8. The van der Waals surface area contributed by atoms with Crippen LogP contribution in [0, 0.1) is 0 Å².